The van der Waals surface area contributed by atoms with E-state index < -0.39 is 8.07 Å². The number of benzene rings is 10. The van der Waals surface area contributed by atoms with Crippen molar-refractivity contribution in [2.45, 2.75) is 0 Å². The van der Waals surface area contributed by atoms with E-state index in [0.717, 1.165) is 11.4 Å². The van der Waals surface area contributed by atoms with Gasteiger partial charge in [0, 0.05) is 53.1 Å². The summed E-state index contributed by atoms with van der Waals surface area (Å²) < 4.78 is 7.59. The second kappa shape index (κ2) is 14.7. The highest BCUT2D eigenvalue weighted by Gasteiger charge is 2.41. The Morgan fingerprint density at radius 3 is 1.33 bits per heavy atom. The van der Waals surface area contributed by atoms with Crippen molar-refractivity contribution >= 4 is 104 Å². The van der Waals surface area contributed by atoms with E-state index in [9.17, 15) is 0 Å². The average molecular weight is 849 g/mol. The third kappa shape index (κ3) is 5.56. The molecule has 0 aliphatic carbocycles. The topological polar surface area (TPSA) is 9.86 Å². The summed E-state index contributed by atoms with van der Waals surface area (Å²) in [5.41, 5.74) is 9.57. The van der Waals surface area contributed by atoms with Crippen LogP contribution in [0, 0.1) is 0 Å². The molecule has 0 bridgehead atoms. The van der Waals surface area contributed by atoms with Gasteiger partial charge in [-0.3, -0.25) is 0 Å². The van der Waals surface area contributed by atoms with E-state index in [1.54, 1.807) is 0 Å². The Kier molecular flexibility index (Phi) is 8.45. The fraction of sp³-hybridized carbons (Fsp3) is 0. The summed E-state index contributed by atoms with van der Waals surface area (Å²) in [4.78, 5) is 0. The lowest BCUT2D eigenvalue weighted by Gasteiger charge is -2.34. The number of rotatable bonds is 7. The second-order valence-electron chi connectivity index (χ2n) is 16.8. The number of hydrogen-bond acceptors (Lipinski definition) is 1. The fourth-order valence-electron chi connectivity index (χ4n) is 10.7. The number of fused-ring (bicyclic) bond motifs is 9. The third-order valence-corrected chi connectivity index (χ3v) is 19.4. The van der Waals surface area contributed by atoms with Crippen LogP contribution in [0.5, 0.6) is 0 Å². The standard InChI is InChI=1S/C60H40N2SSi/c1-4-18-45(19-5-1)64(46-20-6-2-7-21-46,47-22-8-3-9-23-47)48-24-16-17-43(39-48)61-56-29-14-11-26-50(56)53-40-44(33-35-58(53)61)62-55-28-13-10-25-49(55)52-37-41(31-34-57(52)62)42-32-36-60-54(38-42)51-27-12-15-30-59(51)63-60/h1-40H. The predicted octanol–water partition coefficient (Wildman–Crippen LogP) is 13.3. The normalized spacial score (nSPS) is 12.1. The lowest BCUT2D eigenvalue weighted by Crippen LogP contribution is -2.74. The van der Waals surface area contributed by atoms with Crippen molar-refractivity contribution in [2.24, 2.45) is 0 Å². The van der Waals surface area contributed by atoms with Crippen molar-refractivity contribution in [3.63, 3.8) is 0 Å². The minimum absolute atomic E-state index is 1.15. The van der Waals surface area contributed by atoms with Gasteiger partial charge in [-0.1, -0.05) is 170 Å². The highest BCUT2D eigenvalue weighted by molar-refractivity contribution is 7.25. The van der Waals surface area contributed by atoms with E-state index in [0.29, 0.717) is 0 Å². The van der Waals surface area contributed by atoms with Gasteiger partial charge in [-0.15, -0.1) is 11.3 Å². The molecule has 4 heteroatoms. The Balaban J connectivity index is 0.987. The van der Waals surface area contributed by atoms with E-state index in [2.05, 4.69) is 252 Å². The summed E-state index contributed by atoms with van der Waals surface area (Å²) in [6.07, 6.45) is 0. The zero-order valence-electron chi connectivity index (χ0n) is 34.9. The van der Waals surface area contributed by atoms with Gasteiger partial charge in [0.1, 0.15) is 0 Å². The van der Waals surface area contributed by atoms with Crippen molar-refractivity contribution in [3.05, 3.63) is 243 Å². The molecule has 3 heterocycles. The highest BCUT2D eigenvalue weighted by Crippen LogP contribution is 2.40. The lowest BCUT2D eigenvalue weighted by molar-refractivity contribution is 1.17. The maximum Gasteiger partial charge on any atom is 0.179 e. The first-order chi connectivity index (χ1) is 31.7. The zero-order valence-corrected chi connectivity index (χ0v) is 36.7. The van der Waals surface area contributed by atoms with E-state index in [4.69, 9.17) is 0 Å². The summed E-state index contributed by atoms with van der Waals surface area (Å²) in [6, 6.07) is 90.5. The van der Waals surface area contributed by atoms with Gasteiger partial charge in [0.25, 0.3) is 0 Å². The van der Waals surface area contributed by atoms with E-state index >= 15 is 0 Å². The Hall–Kier alpha value is -7.76. The maximum atomic E-state index is 2.48. The maximum absolute atomic E-state index is 2.74. The molecule has 0 unspecified atom stereocenters. The van der Waals surface area contributed by atoms with Crippen LogP contribution in [0.1, 0.15) is 0 Å². The van der Waals surface area contributed by atoms with Crippen LogP contribution in [0.25, 0.3) is 86.3 Å². The van der Waals surface area contributed by atoms with Gasteiger partial charge in [0.05, 0.1) is 22.1 Å². The summed E-state index contributed by atoms with van der Waals surface area (Å²) in [6.45, 7) is 0. The molecule has 0 N–H and O–H groups in total. The van der Waals surface area contributed by atoms with Crippen LogP contribution in [-0.2, 0) is 0 Å². The Morgan fingerprint density at radius 1 is 0.266 bits per heavy atom. The van der Waals surface area contributed by atoms with E-state index in [-0.39, 0.29) is 0 Å². The number of nitrogens with zero attached hydrogens (tertiary/aromatic N) is 2. The van der Waals surface area contributed by atoms with Crippen LogP contribution in [0.2, 0.25) is 0 Å². The molecule has 3 aromatic heterocycles. The predicted molar refractivity (Wildman–Crippen MR) is 277 cm³/mol. The Bertz CT molecular complexity index is 3800. The molecular weight excluding hydrogens is 809 g/mol. The summed E-state index contributed by atoms with van der Waals surface area (Å²) >= 11 is 1.87. The van der Waals surface area contributed by atoms with Crippen LogP contribution in [0.3, 0.4) is 0 Å². The minimum atomic E-state index is -2.74. The van der Waals surface area contributed by atoms with Crippen molar-refractivity contribution in [1.82, 2.24) is 9.13 Å². The minimum Gasteiger partial charge on any atom is -0.309 e. The molecule has 0 aliphatic rings. The molecule has 0 saturated heterocycles. The van der Waals surface area contributed by atoms with Gasteiger partial charge in [0.15, 0.2) is 8.07 Å². The second-order valence-corrected chi connectivity index (χ2v) is 21.7. The molecule has 13 aromatic rings. The van der Waals surface area contributed by atoms with Crippen LogP contribution in [-0.4, -0.2) is 17.2 Å². The molecule has 64 heavy (non-hydrogen) atoms. The van der Waals surface area contributed by atoms with Crippen LogP contribution < -0.4 is 20.7 Å². The first-order valence-electron chi connectivity index (χ1n) is 22.0. The quantitative estimate of drug-likeness (QED) is 0.112. The van der Waals surface area contributed by atoms with Gasteiger partial charge >= 0.3 is 0 Å². The number of aromatic nitrogens is 2. The Morgan fingerprint density at radius 2 is 0.703 bits per heavy atom. The molecule has 0 atom stereocenters. The molecule has 0 spiro atoms. The number of para-hydroxylation sites is 2. The molecule has 2 nitrogen and oxygen atoms in total. The molecule has 10 aromatic carbocycles. The first-order valence-corrected chi connectivity index (χ1v) is 24.8. The van der Waals surface area contributed by atoms with Gasteiger partial charge in [-0.05, 0) is 105 Å². The molecular formula is C60H40N2SSi. The molecule has 0 saturated carbocycles. The summed E-state index contributed by atoms with van der Waals surface area (Å²) in [7, 11) is -2.74. The summed E-state index contributed by atoms with van der Waals surface area (Å²) in [5.74, 6) is 0. The lowest BCUT2D eigenvalue weighted by atomic mass is 10.0. The van der Waals surface area contributed by atoms with Crippen LogP contribution in [0.15, 0.2) is 243 Å². The van der Waals surface area contributed by atoms with Gasteiger partial charge in [-0.2, -0.15) is 0 Å². The highest BCUT2D eigenvalue weighted by atomic mass is 32.1. The molecule has 0 radical (unpaired) electrons. The molecule has 13 rings (SSSR count). The van der Waals surface area contributed by atoms with Crippen molar-refractivity contribution in [1.29, 1.82) is 0 Å². The molecule has 0 fully saturated rings. The fourth-order valence-corrected chi connectivity index (χ4v) is 16.5. The van der Waals surface area contributed by atoms with Crippen LogP contribution >= 0.6 is 11.3 Å². The Labute approximate surface area is 376 Å². The van der Waals surface area contributed by atoms with Crippen LogP contribution in [0.4, 0.5) is 0 Å². The SMILES string of the molecule is c1ccc([Si](c2ccccc2)(c2ccccc2)c2cccc(-n3c4ccccc4c4cc(-n5c6ccccc6c6cc(-c7ccc8sc9ccccc9c8c7)ccc65)ccc43)c2)cc1. The molecule has 300 valence electrons. The molecule has 0 aliphatic heterocycles. The van der Waals surface area contributed by atoms with Crippen molar-refractivity contribution < 1.29 is 0 Å². The average Bonchev–Trinajstić information content (AvgIpc) is 4.02. The van der Waals surface area contributed by atoms with Crippen molar-refractivity contribution in [2.75, 3.05) is 0 Å². The van der Waals surface area contributed by atoms with Gasteiger partial charge in [-0.25, -0.2) is 0 Å². The smallest absolute Gasteiger partial charge is 0.179 e. The number of hydrogen-bond donors (Lipinski definition) is 0. The van der Waals surface area contributed by atoms with Crippen molar-refractivity contribution in [3.8, 4) is 22.5 Å². The van der Waals surface area contributed by atoms with Gasteiger partial charge in [0.2, 0.25) is 0 Å². The zero-order chi connectivity index (χ0) is 42.2. The molecule has 0 amide bonds. The van der Waals surface area contributed by atoms with Gasteiger partial charge < -0.3 is 9.13 Å². The number of thiophene rings is 1. The summed E-state index contributed by atoms with van der Waals surface area (Å²) in [5, 5.41) is 13.1. The van der Waals surface area contributed by atoms with E-state index in [1.165, 1.54) is 95.7 Å². The first kappa shape index (κ1) is 36.9. The largest absolute Gasteiger partial charge is 0.309 e. The van der Waals surface area contributed by atoms with E-state index in [1.807, 2.05) is 11.3 Å². The third-order valence-electron chi connectivity index (χ3n) is 13.5. The monoisotopic (exact) mass is 848 g/mol.